The van der Waals surface area contributed by atoms with Crippen molar-refractivity contribution in [2.24, 2.45) is 5.73 Å². The highest BCUT2D eigenvalue weighted by molar-refractivity contribution is 7.92. The molecule has 0 spiro atoms. The van der Waals surface area contributed by atoms with E-state index in [9.17, 15) is 22.4 Å². The zero-order valence-electron chi connectivity index (χ0n) is 15.2. The molecule has 3 N–H and O–H groups in total. The lowest BCUT2D eigenvalue weighted by Crippen LogP contribution is -2.43. The van der Waals surface area contributed by atoms with Crippen molar-refractivity contribution in [3.8, 4) is 0 Å². The molecule has 3 rings (SSSR count). The van der Waals surface area contributed by atoms with Crippen LogP contribution in [0, 0.1) is 12.7 Å². The first-order chi connectivity index (χ1) is 13.2. The Kier molecular flexibility index (Phi) is 5.37. The van der Waals surface area contributed by atoms with Crippen molar-refractivity contribution >= 4 is 27.5 Å². The number of rotatable bonds is 5. The minimum atomic E-state index is -4.03. The molecule has 1 aliphatic heterocycles. The van der Waals surface area contributed by atoms with Crippen molar-refractivity contribution in [3.05, 3.63) is 59.4 Å². The topological polar surface area (TPSA) is 110 Å². The summed E-state index contributed by atoms with van der Waals surface area (Å²) in [6.45, 7) is 1.94. The van der Waals surface area contributed by atoms with Crippen LogP contribution in [0.25, 0.3) is 0 Å². The van der Waals surface area contributed by atoms with Gasteiger partial charge < -0.3 is 10.6 Å². The maximum atomic E-state index is 13.7. The molecule has 148 valence electrons. The van der Waals surface area contributed by atoms with E-state index in [1.807, 2.05) is 0 Å². The number of primary amides is 1. The molecule has 0 saturated carbocycles. The van der Waals surface area contributed by atoms with Crippen molar-refractivity contribution in [2.45, 2.75) is 30.7 Å². The quantitative estimate of drug-likeness (QED) is 0.793. The average Bonchev–Trinajstić information content (AvgIpc) is 3.13. The number of amides is 2. The Hall–Kier alpha value is -2.94. The Morgan fingerprint density at radius 2 is 1.96 bits per heavy atom. The monoisotopic (exact) mass is 405 g/mol. The summed E-state index contributed by atoms with van der Waals surface area (Å²) in [6.07, 6.45) is 1.18. The smallest absolute Gasteiger partial charge is 0.261 e. The van der Waals surface area contributed by atoms with Gasteiger partial charge in [0.25, 0.3) is 15.9 Å². The third-order valence-electron chi connectivity index (χ3n) is 4.66. The molecule has 1 heterocycles. The zero-order valence-corrected chi connectivity index (χ0v) is 16.0. The maximum Gasteiger partial charge on any atom is 0.261 e. The number of carbonyl (C=O) groups is 2. The SMILES string of the molecule is Cc1ccc(S(=O)(=O)Nc2cccc(C(=O)N3CCCC3C(N)=O)c2)cc1F. The number of hydrogen-bond donors (Lipinski definition) is 2. The minimum absolute atomic E-state index is 0.154. The highest BCUT2D eigenvalue weighted by atomic mass is 32.2. The standard InChI is InChI=1S/C19H20FN3O4S/c1-12-7-8-15(11-16(12)20)28(26,27)22-14-5-2-4-13(10-14)19(25)23-9-3-6-17(23)18(21)24/h2,4-5,7-8,10-11,17,22H,3,6,9H2,1H3,(H2,21,24). The van der Waals surface area contributed by atoms with Gasteiger partial charge in [-0.25, -0.2) is 12.8 Å². The van der Waals surface area contributed by atoms with E-state index in [0.717, 1.165) is 6.07 Å². The highest BCUT2D eigenvalue weighted by Crippen LogP contribution is 2.23. The van der Waals surface area contributed by atoms with Crippen LogP contribution < -0.4 is 10.5 Å². The molecule has 1 aliphatic rings. The molecule has 7 nitrogen and oxygen atoms in total. The van der Waals surface area contributed by atoms with Crippen LogP contribution in [0.3, 0.4) is 0 Å². The fourth-order valence-electron chi connectivity index (χ4n) is 3.14. The van der Waals surface area contributed by atoms with Crippen LogP contribution in [-0.4, -0.2) is 37.7 Å². The number of nitrogens with zero attached hydrogens (tertiary/aromatic N) is 1. The minimum Gasteiger partial charge on any atom is -0.368 e. The molecule has 1 saturated heterocycles. The second-order valence-corrected chi connectivity index (χ2v) is 8.34. The molecular formula is C19H20FN3O4S. The predicted molar refractivity (Wildman–Crippen MR) is 102 cm³/mol. The number of hydrogen-bond acceptors (Lipinski definition) is 4. The summed E-state index contributed by atoms with van der Waals surface area (Å²) >= 11 is 0. The molecule has 28 heavy (non-hydrogen) atoms. The summed E-state index contributed by atoms with van der Waals surface area (Å²) < 4.78 is 41.1. The number of nitrogens with two attached hydrogens (primary N) is 1. The molecule has 2 aromatic carbocycles. The van der Waals surface area contributed by atoms with Crippen LogP contribution in [-0.2, 0) is 14.8 Å². The van der Waals surface area contributed by atoms with E-state index in [1.54, 1.807) is 0 Å². The molecule has 1 unspecified atom stereocenters. The average molecular weight is 405 g/mol. The van der Waals surface area contributed by atoms with Crippen LogP contribution in [0.5, 0.6) is 0 Å². The van der Waals surface area contributed by atoms with Crippen LogP contribution >= 0.6 is 0 Å². The number of carbonyl (C=O) groups excluding carboxylic acids is 2. The Balaban J connectivity index is 1.84. The number of halogens is 1. The van der Waals surface area contributed by atoms with Gasteiger partial charge in [-0.15, -0.1) is 0 Å². The highest BCUT2D eigenvalue weighted by Gasteiger charge is 2.33. The molecule has 0 bridgehead atoms. The summed E-state index contributed by atoms with van der Waals surface area (Å²) in [5.74, 6) is -1.59. The summed E-state index contributed by atoms with van der Waals surface area (Å²) in [5, 5.41) is 0. The molecule has 1 atom stereocenters. The van der Waals surface area contributed by atoms with Crippen LogP contribution in [0.2, 0.25) is 0 Å². The van der Waals surface area contributed by atoms with Gasteiger partial charge in [-0.3, -0.25) is 14.3 Å². The number of anilines is 1. The fraction of sp³-hybridized carbons (Fsp3) is 0.263. The van der Waals surface area contributed by atoms with E-state index >= 15 is 0 Å². The molecule has 2 amide bonds. The number of likely N-dealkylation sites (tertiary alicyclic amines) is 1. The van der Waals surface area contributed by atoms with Gasteiger partial charge in [-0.2, -0.15) is 0 Å². The van der Waals surface area contributed by atoms with Crippen LogP contribution in [0.15, 0.2) is 47.4 Å². The summed E-state index contributed by atoms with van der Waals surface area (Å²) in [5.41, 5.74) is 6.06. The summed E-state index contributed by atoms with van der Waals surface area (Å²) in [6, 6.07) is 8.86. The molecule has 9 heteroatoms. The van der Waals surface area contributed by atoms with Crippen molar-refractivity contribution in [1.29, 1.82) is 0 Å². The predicted octanol–water partition coefficient (Wildman–Crippen LogP) is 2.02. The van der Waals surface area contributed by atoms with Crippen molar-refractivity contribution in [1.82, 2.24) is 4.90 Å². The number of nitrogens with one attached hydrogen (secondary N) is 1. The third kappa shape index (κ3) is 3.99. The molecule has 0 radical (unpaired) electrons. The first-order valence-corrected chi connectivity index (χ1v) is 10.2. The van der Waals surface area contributed by atoms with Gasteiger partial charge in [0.2, 0.25) is 5.91 Å². The molecule has 2 aromatic rings. The fourth-order valence-corrected chi connectivity index (χ4v) is 4.20. The van der Waals surface area contributed by atoms with Gasteiger partial charge in [0, 0.05) is 17.8 Å². The third-order valence-corrected chi connectivity index (χ3v) is 6.04. The van der Waals surface area contributed by atoms with E-state index in [0.29, 0.717) is 24.9 Å². The molecule has 1 fully saturated rings. The van der Waals surface area contributed by atoms with E-state index in [2.05, 4.69) is 4.72 Å². The molecule has 0 aromatic heterocycles. The van der Waals surface area contributed by atoms with Gasteiger partial charge in [0.15, 0.2) is 0 Å². The lowest BCUT2D eigenvalue weighted by molar-refractivity contribution is -0.121. The van der Waals surface area contributed by atoms with Crippen LogP contribution in [0.4, 0.5) is 10.1 Å². The first-order valence-electron chi connectivity index (χ1n) is 8.68. The van der Waals surface area contributed by atoms with Gasteiger partial charge >= 0.3 is 0 Å². The summed E-state index contributed by atoms with van der Waals surface area (Å²) in [4.78, 5) is 25.4. The number of aryl methyl sites for hydroxylation is 1. The Labute approximate surface area is 162 Å². The summed E-state index contributed by atoms with van der Waals surface area (Å²) in [7, 11) is -4.03. The van der Waals surface area contributed by atoms with E-state index < -0.39 is 33.7 Å². The van der Waals surface area contributed by atoms with Gasteiger partial charge in [0.05, 0.1) is 4.90 Å². The lowest BCUT2D eigenvalue weighted by atomic mass is 10.1. The number of sulfonamides is 1. The van der Waals surface area contributed by atoms with Gasteiger partial charge in [-0.05, 0) is 55.7 Å². The van der Waals surface area contributed by atoms with Crippen LogP contribution in [0.1, 0.15) is 28.8 Å². The molecule has 0 aliphatic carbocycles. The maximum absolute atomic E-state index is 13.7. The lowest BCUT2D eigenvalue weighted by Gasteiger charge is -2.22. The molecular weight excluding hydrogens is 385 g/mol. The van der Waals surface area contributed by atoms with E-state index in [4.69, 9.17) is 5.73 Å². The van der Waals surface area contributed by atoms with Crippen molar-refractivity contribution in [2.75, 3.05) is 11.3 Å². The van der Waals surface area contributed by atoms with Gasteiger partial charge in [0.1, 0.15) is 11.9 Å². The Morgan fingerprint density at radius 3 is 2.64 bits per heavy atom. The second kappa shape index (κ2) is 7.59. The van der Waals surface area contributed by atoms with E-state index in [-0.39, 0.29) is 16.1 Å². The first kappa shape index (κ1) is 19.8. The van der Waals surface area contributed by atoms with Crippen molar-refractivity contribution < 1.29 is 22.4 Å². The number of benzene rings is 2. The second-order valence-electron chi connectivity index (χ2n) is 6.66. The normalized spacial score (nSPS) is 16.8. The largest absolute Gasteiger partial charge is 0.368 e. The zero-order chi connectivity index (χ0) is 20.5. The van der Waals surface area contributed by atoms with Crippen molar-refractivity contribution in [3.63, 3.8) is 0 Å². The van der Waals surface area contributed by atoms with Gasteiger partial charge in [-0.1, -0.05) is 12.1 Å². The van der Waals surface area contributed by atoms with E-state index in [1.165, 1.54) is 48.2 Å². The Bertz CT molecular complexity index is 1040. The Morgan fingerprint density at radius 1 is 1.21 bits per heavy atom.